The van der Waals surface area contributed by atoms with E-state index in [2.05, 4.69) is 0 Å². The molecule has 0 atom stereocenters. The van der Waals surface area contributed by atoms with Crippen LogP contribution in [-0.2, 0) is 4.74 Å². The number of likely N-dealkylation sites (tertiary alicyclic amines) is 1. The second kappa shape index (κ2) is 8.28. The molecule has 26 heavy (non-hydrogen) atoms. The molecule has 0 bridgehead atoms. The van der Waals surface area contributed by atoms with Crippen LogP contribution < -0.4 is 0 Å². The third-order valence-electron chi connectivity index (χ3n) is 4.86. The highest BCUT2D eigenvalue weighted by Gasteiger charge is 2.24. The Kier molecular flexibility index (Phi) is 5.84. The van der Waals surface area contributed by atoms with Crippen LogP contribution in [0.2, 0.25) is 0 Å². The fraction of sp³-hybridized carbons (Fsp3) is 0.364. The molecule has 1 saturated heterocycles. The molecule has 0 unspecified atom stereocenters. The molecular formula is C22H25NO3. The minimum Gasteiger partial charge on any atom is -0.378 e. The van der Waals surface area contributed by atoms with Crippen molar-refractivity contribution in [2.24, 2.45) is 0 Å². The molecule has 2 aromatic rings. The number of hydrogen-bond acceptors (Lipinski definition) is 3. The maximum atomic E-state index is 12.9. The van der Waals surface area contributed by atoms with E-state index in [4.69, 9.17) is 4.74 Å². The van der Waals surface area contributed by atoms with Crippen LogP contribution >= 0.6 is 0 Å². The smallest absolute Gasteiger partial charge is 0.253 e. The van der Waals surface area contributed by atoms with Gasteiger partial charge in [-0.05, 0) is 49.9 Å². The van der Waals surface area contributed by atoms with Gasteiger partial charge in [-0.1, -0.05) is 36.4 Å². The van der Waals surface area contributed by atoms with Gasteiger partial charge >= 0.3 is 0 Å². The summed E-state index contributed by atoms with van der Waals surface area (Å²) in [6, 6.07) is 15.1. The zero-order valence-corrected chi connectivity index (χ0v) is 15.4. The average molecular weight is 351 g/mol. The zero-order valence-electron chi connectivity index (χ0n) is 15.4. The van der Waals surface area contributed by atoms with Crippen molar-refractivity contribution in [3.05, 3.63) is 59.7 Å². The summed E-state index contributed by atoms with van der Waals surface area (Å²) in [4.78, 5) is 26.7. The lowest BCUT2D eigenvalue weighted by Gasteiger charge is -2.32. The van der Waals surface area contributed by atoms with E-state index in [-0.39, 0.29) is 17.8 Å². The van der Waals surface area contributed by atoms with Crippen molar-refractivity contribution in [2.75, 3.05) is 19.7 Å². The summed E-state index contributed by atoms with van der Waals surface area (Å²) in [6.45, 7) is 5.73. The van der Waals surface area contributed by atoms with E-state index in [0.717, 1.165) is 43.7 Å². The van der Waals surface area contributed by atoms with Crippen LogP contribution in [-0.4, -0.2) is 42.4 Å². The topological polar surface area (TPSA) is 46.6 Å². The number of ketones is 1. The highest BCUT2D eigenvalue weighted by Crippen LogP contribution is 2.26. The lowest BCUT2D eigenvalue weighted by Crippen LogP contribution is -2.40. The number of rotatable bonds is 5. The molecule has 1 heterocycles. The van der Waals surface area contributed by atoms with Crippen molar-refractivity contribution in [1.29, 1.82) is 0 Å². The van der Waals surface area contributed by atoms with Gasteiger partial charge in [0.1, 0.15) is 0 Å². The van der Waals surface area contributed by atoms with E-state index in [1.54, 1.807) is 6.92 Å². The van der Waals surface area contributed by atoms with Crippen LogP contribution in [0.3, 0.4) is 0 Å². The van der Waals surface area contributed by atoms with Gasteiger partial charge in [0, 0.05) is 30.8 Å². The molecule has 0 radical (unpaired) electrons. The zero-order chi connectivity index (χ0) is 18.5. The molecule has 1 amide bonds. The molecular weight excluding hydrogens is 326 g/mol. The first-order valence-corrected chi connectivity index (χ1v) is 9.21. The number of Topliss-reactive ketones (excluding diaryl/α,β-unsaturated/α-hetero) is 1. The average Bonchev–Trinajstić information content (AvgIpc) is 2.68. The molecule has 0 spiro atoms. The van der Waals surface area contributed by atoms with Gasteiger partial charge < -0.3 is 9.64 Å². The summed E-state index contributed by atoms with van der Waals surface area (Å²) >= 11 is 0. The van der Waals surface area contributed by atoms with E-state index >= 15 is 0 Å². The Morgan fingerprint density at radius 3 is 2.50 bits per heavy atom. The molecule has 4 nitrogen and oxygen atoms in total. The molecule has 2 aromatic carbocycles. The molecule has 0 N–H and O–H groups in total. The summed E-state index contributed by atoms with van der Waals surface area (Å²) < 4.78 is 5.66. The summed E-state index contributed by atoms with van der Waals surface area (Å²) in [6.07, 6.45) is 2.02. The summed E-state index contributed by atoms with van der Waals surface area (Å²) in [7, 11) is 0. The number of nitrogens with zero attached hydrogens (tertiary/aromatic N) is 1. The van der Waals surface area contributed by atoms with Crippen molar-refractivity contribution in [2.45, 2.75) is 32.8 Å². The van der Waals surface area contributed by atoms with Crippen LogP contribution in [0.4, 0.5) is 0 Å². The Labute approximate surface area is 154 Å². The maximum absolute atomic E-state index is 12.9. The third kappa shape index (κ3) is 4.02. The maximum Gasteiger partial charge on any atom is 0.253 e. The summed E-state index contributed by atoms with van der Waals surface area (Å²) in [5, 5.41) is 0. The minimum absolute atomic E-state index is 0.0235. The molecule has 136 valence electrons. The van der Waals surface area contributed by atoms with Crippen molar-refractivity contribution >= 4 is 11.7 Å². The molecule has 0 aromatic heterocycles. The number of carbonyl (C=O) groups excluding carboxylic acids is 2. The molecule has 1 fully saturated rings. The molecule has 1 aliphatic heterocycles. The van der Waals surface area contributed by atoms with Crippen molar-refractivity contribution in [3.8, 4) is 11.1 Å². The summed E-state index contributed by atoms with van der Waals surface area (Å²) in [5.41, 5.74) is 3.10. The molecule has 1 aliphatic rings. The highest BCUT2D eigenvalue weighted by atomic mass is 16.5. The second-order valence-electron chi connectivity index (χ2n) is 6.63. The van der Waals surface area contributed by atoms with E-state index in [0.29, 0.717) is 11.1 Å². The van der Waals surface area contributed by atoms with Gasteiger partial charge in [0.05, 0.1) is 6.10 Å². The van der Waals surface area contributed by atoms with Gasteiger partial charge in [-0.2, -0.15) is 0 Å². The Hall–Kier alpha value is -2.46. The quantitative estimate of drug-likeness (QED) is 0.759. The van der Waals surface area contributed by atoms with Crippen molar-refractivity contribution < 1.29 is 14.3 Å². The Morgan fingerprint density at radius 1 is 1.08 bits per heavy atom. The lowest BCUT2D eigenvalue weighted by atomic mass is 9.96. The van der Waals surface area contributed by atoms with E-state index in [1.165, 1.54) is 0 Å². The first-order chi connectivity index (χ1) is 12.6. The Balaban J connectivity index is 1.80. The van der Waals surface area contributed by atoms with Gasteiger partial charge in [-0.25, -0.2) is 0 Å². The predicted octanol–water partition coefficient (Wildman–Crippen LogP) is 4.20. The normalized spacial score (nSPS) is 15.1. The number of carbonyl (C=O) groups is 2. The SMILES string of the molecule is CCOC1CCN(C(=O)c2cccc(-c3ccccc3C(C)=O)c2)CC1. The molecule has 3 rings (SSSR count). The number of hydrogen-bond donors (Lipinski definition) is 0. The van der Waals surface area contributed by atoms with E-state index in [9.17, 15) is 9.59 Å². The standard InChI is InChI=1S/C22H25NO3/c1-3-26-19-11-13-23(14-12-19)22(25)18-8-6-7-17(15-18)21-10-5-4-9-20(21)16(2)24/h4-10,15,19H,3,11-14H2,1-2H3. The van der Waals surface area contributed by atoms with Gasteiger partial charge in [0.25, 0.3) is 5.91 Å². The Bertz CT molecular complexity index is 791. The van der Waals surface area contributed by atoms with Crippen molar-refractivity contribution in [1.82, 2.24) is 4.90 Å². The lowest BCUT2D eigenvalue weighted by molar-refractivity contribution is 0.0146. The fourth-order valence-electron chi connectivity index (χ4n) is 3.51. The van der Waals surface area contributed by atoms with Gasteiger partial charge in [0.2, 0.25) is 0 Å². The largest absolute Gasteiger partial charge is 0.378 e. The highest BCUT2D eigenvalue weighted by molar-refractivity contribution is 6.02. The number of benzene rings is 2. The molecule has 4 heteroatoms. The van der Waals surface area contributed by atoms with E-state index < -0.39 is 0 Å². The van der Waals surface area contributed by atoms with Crippen LogP contribution in [0.15, 0.2) is 48.5 Å². The van der Waals surface area contributed by atoms with Crippen LogP contribution in [0.5, 0.6) is 0 Å². The first-order valence-electron chi connectivity index (χ1n) is 9.21. The van der Waals surface area contributed by atoms with Gasteiger partial charge in [-0.3, -0.25) is 9.59 Å². The second-order valence-corrected chi connectivity index (χ2v) is 6.63. The number of piperidine rings is 1. The van der Waals surface area contributed by atoms with Crippen LogP contribution in [0.25, 0.3) is 11.1 Å². The van der Waals surface area contributed by atoms with E-state index in [1.807, 2.05) is 60.4 Å². The minimum atomic E-state index is 0.0235. The predicted molar refractivity (Wildman–Crippen MR) is 102 cm³/mol. The number of amides is 1. The van der Waals surface area contributed by atoms with Crippen LogP contribution in [0.1, 0.15) is 47.4 Å². The third-order valence-corrected chi connectivity index (χ3v) is 4.86. The number of ether oxygens (including phenoxy) is 1. The van der Waals surface area contributed by atoms with Gasteiger partial charge in [-0.15, -0.1) is 0 Å². The van der Waals surface area contributed by atoms with Crippen LogP contribution in [0, 0.1) is 0 Å². The Morgan fingerprint density at radius 2 is 1.81 bits per heavy atom. The van der Waals surface area contributed by atoms with Gasteiger partial charge in [0.15, 0.2) is 5.78 Å². The monoisotopic (exact) mass is 351 g/mol. The first kappa shape index (κ1) is 18.3. The van der Waals surface area contributed by atoms with Crippen molar-refractivity contribution in [3.63, 3.8) is 0 Å². The molecule has 0 aliphatic carbocycles. The fourth-order valence-corrected chi connectivity index (χ4v) is 3.51. The molecule has 0 saturated carbocycles. The summed E-state index contributed by atoms with van der Waals surface area (Å²) in [5.74, 6) is 0.0671.